The van der Waals surface area contributed by atoms with Crippen LogP contribution in [0.15, 0.2) is 61.2 Å². The number of hydrogen-bond donors (Lipinski definition) is 1. The van der Waals surface area contributed by atoms with Gasteiger partial charge in [-0.05, 0) is 50.0 Å². The molecule has 0 aliphatic heterocycles. The second kappa shape index (κ2) is 13.0. The molecule has 0 bridgehead atoms. The lowest BCUT2D eigenvalue weighted by molar-refractivity contribution is -0.140. The summed E-state index contributed by atoms with van der Waals surface area (Å²) in [6.45, 7) is 3.92. The fourth-order valence-corrected chi connectivity index (χ4v) is 6.07. The summed E-state index contributed by atoms with van der Waals surface area (Å²) in [5.74, 6) is 0.0511. The van der Waals surface area contributed by atoms with E-state index < -0.39 is 6.10 Å². The largest absolute Gasteiger partial charge is 0.469 e. The first-order valence-electron chi connectivity index (χ1n) is 11.8. The lowest BCUT2D eigenvalue weighted by atomic mass is 9.86. The minimum Gasteiger partial charge on any atom is -0.469 e. The van der Waals surface area contributed by atoms with Crippen LogP contribution in [0.25, 0.3) is 10.1 Å². The average molecular weight is 501 g/mol. The maximum atomic E-state index is 12.6. The van der Waals surface area contributed by atoms with Crippen molar-refractivity contribution in [2.75, 3.05) is 7.11 Å². The fourth-order valence-electron chi connectivity index (χ4n) is 4.52. The van der Waals surface area contributed by atoms with Crippen molar-refractivity contribution in [1.29, 1.82) is 0 Å². The third kappa shape index (κ3) is 6.91. The number of fused-ring (bicyclic) bond motifs is 1. The highest BCUT2D eigenvalue weighted by atomic mass is 35.5. The summed E-state index contributed by atoms with van der Waals surface area (Å²) in [5, 5.41) is 12.4. The molecule has 182 valence electrons. The summed E-state index contributed by atoms with van der Waals surface area (Å²) in [7, 11) is 1.39. The Morgan fingerprint density at radius 2 is 2.15 bits per heavy atom. The number of esters is 1. The smallest absolute Gasteiger partial charge is 0.305 e. The summed E-state index contributed by atoms with van der Waals surface area (Å²) in [6, 6.07) is 8.07. The number of hydrogen-bond acceptors (Lipinski definition) is 5. The average Bonchev–Trinajstić information content (AvgIpc) is 3.33. The number of aliphatic hydroxyl groups is 1. The Bertz CT molecular complexity index is 1050. The molecule has 6 heteroatoms. The van der Waals surface area contributed by atoms with Crippen molar-refractivity contribution in [2.45, 2.75) is 51.0 Å². The maximum absolute atomic E-state index is 12.6. The highest BCUT2D eigenvalue weighted by molar-refractivity contribution is 7.19. The maximum Gasteiger partial charge on any atom is 0.305 e. The van der Waals surface area contributed by atoms with Crippen LogP contribution >= 0.6 is 22.9 Å². The zero-order chi connectivity index (χ0) is 24.5. The predicted octanol–water partition coefficient (Wildman–Crippen LogP) is 6.70. The number of methoxy groups -OCH3 is 1. The molecular weight excluding hydrogens is 468 g/mol. The Morgan fingerprint density at radius 3 is 2.88 bits per heavy atom. The van der Waals surface area contributed by atoms with Gasteiger partial charge in [0.25, 0.3) is 0 Å². The topological polar surface area (TPSA) is 63.6 Å². The zero-order valence-electron chi connectivity index (χ0n) is 19.6. The van der Waals surface area contributed by atoms with Crippen LogP contribution in [0.2, 0.25) is 5.02 Å². The van der Waals surface area contributed by atoms with E-state index in [1.807, 2.05) is 48.6 Å². The van der Waals surface area contributed by atoms with Crippen LogP contribution in [0.1, 0.15) is 43.4 Å². The summed E-state index contributed by atoms with van der Waals surface area (Å²) in [5.41, 5.74) is 0. The van der Waals surface area contributed by atoms with Gasteiger partial charge in [-0.25, -0.2) is 0 Å². The number of ether oxygens (including phenoxy) is 1. The number of unbranched alkanes of at least 4 members (excludes halogenated alkanes) is 1. The summed E-state index contributed by atoms with van der Waals surface area (Å²) < 4.78 is 5.81. The van der Waals surface area contributed by atoms with Crippen molar-refractivity contribution in [3.63, 3.8) is 0 Å². The quantitative estimate of drug-likeness (QED) is 0.200. The zero-order valence-corrected chi connectivity index (χ0v) is 21.2. The Labute approximate surface area is 211 Å². The number of carbonyl (C=O) groups is 2. The van der Waals surface area contributed by atoms with E-state index in [2.05, 4.69) is 17.4 Å². The van der Waals surface area contributed by atoms with Gasteiger partial charge in [0.05, 0.1) is 18.2 Å². The second-order valence-corrected chi connectivity index (χ2v) is 10.3. The van der Waals surface area contributed by atoms with Crippen LogP contribution < -0.4 is 0 Å². The lowest BCUT2D eigenvalue weighted by Gasteiger charge is -2.18. The van der Waals surface area contributed by atoms with E-state index in [1.54, 1.807) is 11.3 Å². The Kier molecular flexibility index (Phi) is 10.1. The number of thiophene rings is 1. The number of ketones is 1. The van der Waals surface area contributed by atoms with Gasteiger partial charge < -0.3 is 9.84 Å². The van der Waals surface area contributed by atoms with Crippen molar-refractivity contribution >= 4 is 44.8 Å². The number of benzene rings is 1. The van der Waals surface area contributed by atoms with Gasteiger partial charge in [-0.3, -0.25) is 9.59 Å². The molecule has 1 fully saturated rings. The van der Waals surface area contributed by atoms with Crippen LogP contribution in [0, 0.1) is 17.8 Å². The van der Waals surface area contributed by atoms with E-state index >= 15 is 0 Å². The standard InChI is InChI=1S/C28H33ClO4S/c1-3-19-18-24(31)22(10-6-4-5-7-13-27(32)33-2)21(19)16-14-20(30)15-17-26-28(29)23-11-8-9-12-25(23)34-26/h3-4,6,8-9,11-12,14,16,19-22,30H,1,5,7,10,13,15,17-18H2,2H3/b6-4-,16-14+/t19-,20?,21+,22-/m1/s1. The minimum absolute atomic E-state index is 0.0345. The van der Waals surface area contributed by atoms with Gasteiger partial charge in [-0.2, -0.15) is 0 Å². The molecule has 1 unspecified atom stereocenters. The normalized spacial score (nSPS) is 21.6. The molecule has 0 radical (unpaired) electrons. The first kappa shape index (κ1) is 26.4. The molecule has 1 aromatic carbocycles. The SMILES string of the molecule is C=C[C@@H]1CC(=O)[C@H](C/C=C\CCCC(=O)OC)[C@H]1/C=C/C(O)CCc1sc2ccccc2c1Cl. The van der Waals surface area contributed by atoms with Gasteiger partial charge >= 0.3 is 5.97 Å². The van der Waals surface area contributed by atoms with E-state index in [4.69, 9.17) is 11.6 Å². The van der Waals surface area contributed by atoms with E-state index in [1.165, 1.54) is 7.11 Å². The molecule has 34 heavy (non-hydrogen) atoms. The number of Topliss-reactive ketones (excluding diaryl/α,β-unsaturated/α-hetero) is 1. The number of rotatable bonds is 12. The van der Waals surface area contributed by atoms with E-state index in [0.29, 0.717) is 32.1 Å². The van der Waals surface area contributed by atoms with Gasteiger partial charge in [0.2, 0.25) is 0 Å². The first-order chi connectivity index (χ1) is 16.4. The molecule has 1 aliphatic carbocycles. The molecule has 1 saturated carbocycles. The van der Waals surface area contributed by atoms with Gasteiger partial charge in [0.1, 0.15) is 5.78 Å². The highest BCUT2D eigenvalue weighted by Gasteiger charge is 2.38. The summed E-state index contributed by atoms with van der Waals surface area (Å²) in [4.78, 5) is 24.9. The number of aryl methyl sites for hydroxylation is 1. The second-order valence-electron chi connectivity index (χ2n) is 8.76. The van der Waals surface area contributed by atoms with Crippen LogP contribution in [-0.2, 0) is 20.7 Å². The molecule has 1 aromatic heterocycles. The number of halogens is 1. The minimum atomic E-state index is -0.600. The van der Waals surface area contributed by atoms with E-state index in [-0.39, 0.29) is 29.5 Å². The lowest BCUT2D eigenvalue weighted by Crippen LogP contribution is -2.15. The highest BCUT2D eigenvalue weighted by Crippen LogP contribution is 2.39. The van der Waals surface area contributed by atoms with Crippen molar-refractivity contribution in [1.82, 2.24) is 0 Å². The molecule has 1 heterocycles. The van der Waals surface area contributed by atoms with Crippen LogP contribution in [0.3, 0.4) is 0 Å². The first-order valence-corrected chi connectivity index (χ1v) is 13.0. The molecule has 1 N–H and O–H groups in total. The molecule has 4 atom stereocenters. The van der Waals surface area contributed by atoms with Crippen molar-refractivity contribution in [3.05, 3.63) is 71.1 Å². The predicted molar refractivity (Wildman–Crippen MR) is 140 cm³/mol. The van der Waals surface area contributed by atoms with Crippen molar-refractivity contribution in [2.24, 2.45) is 17.8 Å². The third-order valence-electron chi connectivity index (χ3n) is 6.47. The molecular formula is C28H33ClO4S. The summed E-state index contributed by atoms with van der Waals surface area (Å²) in [6.07, 6.45) is 13.5. The molecule has 3 rings (SSSR count). The fraction of sp³-hybridized carbons (Fsp3) is 0.429. The number of aliphatic hydroxyl groups excluding tert-OH is 1. The van der Waals surface area contributed by atoms with Gasteiger partial charge in [0, 0.05) is 33.7 Å². The molecule has 2 aromatic rings. The van der Waals surface area contributed by atoms with E-state index in [0.717, 1.165) is 32.8 Å². The Morgan fingerprint density at radius 1 is 1.35 bits per heavy atom. The van der Waals surface area contributed by atoms with Gasteiger partial charge in [0.15, 0.2) is 0 Å². The van der Waals surface area contributed by atoms with Crippen molar-refractivity contribution < 1.29 is 19.4 Å². The molecule has 4 nitrogen and oxygen atoms in total. The number of allylic oxidation sites excluding steroid dienone is 4. The molecule has 0 amide bonds. The summed E-state index contributed by atoms with van der Waals surface area (Å²) >= 11 is 8.20. The molecule has 0 saturated heterocycles. The van der Waals surface area contributed by atoms with Gasteiger partial charge in [-0.15, -0.1) is 17.9 Å². The van der Waals surface area contributed by atoms with Crippen LogP contribution in [-0.4, -0.2) is 30.1 Å². The van der Waals surface area contributed by atoms with Crippen LogP contribution in [0.5, 0.6) is 0 Å². The van der Waals surface area contributed by atoms with Crippen LogP contribution in [0.4, 0.5) is 0 Å². The third-order valence-corrected chi connectivity index (χ3v) is 8.25. The molecule has 1 aliphatic rings. The van der Waals surface area contributed by atoms with E-state index in [9.17, 15) is 14.7 Å². The molecule has 0 spiro atoms. The Hall–Kier alpha value is -2.21. The van der Waals surface area contributed by atoms with Crippen molar-refractivity contribution in [3.8, 4) is 0 Å². The number of carbonyl (C=O) groups excluding carboxylic acids is 2. The Balaban J connectivity index is 1.55. The monoisotopic (exact) mass is 500 g/mol. The van der Waals surface area contributed by atoms with Gasteiger partial charge in [-0.1, -0.05) is 60.2 Å².